The van der Waals surface area contributed by atoms with Crippen LogP contribution in [0.4, 0.5) is 17.2 Å². The van der Waals surface area contributed by atoms with Crippen molar-refractivity contribution >= 4 is 17.2 Å². The number of nitrogen functional groups attached to an aromatic ring is 1. The zero-order valence-corrected chi connectivity index (χ0v) is 11.7. The summed E-state index contributed by atoms with van der Waals surface area (Å²) in [5, 5.41) is 11.3. The molecule has 0 spiro atoms. The maximum atomic E-state index is 11.3. The van der Waals surface area contributed by atoms with Crippen LogP contribution in [0.25, 0.3) is 0 Å². The lowest BCUT2D eigenvalue weighted by molar-refractivity contribution is -0.384. The second-order valence-electron chi connectivity index (χ2n) is 5.21. The van der Waals surface area contributed by atoms with Gasteiger partial charge in [0.25, 0.3) is 0 Å². The fraction of sp³-hybridized carbons (Fsp3) is 0.267. The van der Waals surface area contributed by atoms with E-state index in [2.05, 4.69) is 11.1 Å². The van der Waals surface area contributed by atoms with E-state index in [-0.39, 0.29) is 10.6 Å². The highest BCUT2D eigenvalue weighted by Gasteiger charge is 2.27. The molecule has 0 bridgehead atoms. The number of pyridine rings is 1. The summed E-state index contributed by atoms with van der Waals surface area (Å²) >= 11 is 0. The second kappa shape index (κ2) is 5.05. The normalized spacial score (nSPS) is 13.9. The van der Waals surface area contributed by atoms with Gasteiger partial charge in [0.05, 0.1) is 4.92 Å². The third-order valence-corrected chi connectivity index (χ3v) is 3.90. The van der Waals surface area contributed by atoms with E-state index in [1.807, 2.05) is 17.0 Å². The van der Waals surface area contributed by atoms with Crippen molar-refractivity contribution in [1.29, 1.82) is 0 Å². The van der Waals surface area contributed by atoms with Crippen molar-refractivity contribution in [3.8, 4) is 0 Å². The van der Waals surface area contributed by atoms with Gasteiger partial charge >= 0.3 is 5.69 Å². The van der Waals surface area contributed by atoms with Gasteiger partial charge in [-0.15, -0.1) is 0 Å². The molecule has 1 aromatic carbocycles. The predicted octanol–water partition coefficient (Wildman–Crippen LogP) is 2.44. The lowest BCUT2D eigenvalue weighted by atomic mass is 9.98. The average molecular weight is 284 g/mol. The van der Waals surface area contributed by atoms with Crippen LogP contribution < -0.4 is 10.6 Å². The van der Waals surface area contributed by atoms with E-state index in [0.29, 0.717) is 24.5 Å². The van der Waals surface area contributed by atoms with Crippen LogP contribution in [0.5, 0.6) is 0 Å². The van der Waals surface area contributed by atoms with Gasteiger partial charge < -0.3 is 10.6 Å². The Morgan fingerprint density at radius 2 is 2.19 bits per heavy atom. The summed E-state index contributed by atoms with van der Waals surface area (Å²) in [6.45, 7) is 2.99. The van der Waals surface area contributed by atoms with E-state index >= 15 is 0 Å². The third-order valence-electron chi connectivity index (χ3n) is 3.90. The molecule has 0 aliphatic carbocycles. The zero-order chi connectivity index (χ0) is 15.0. The van der Waals surface area contributed by atoms with Crippen molar-refractivity contribution in [2.75, 3.05) is 17.2 Å². The van der Waals surface area contributed by atoms with E-state index in [4.69, 9.17) is 5.73 Å². The van der Waals surface area contributed by atoms with Crippen LogP contribution in [0, 0.1) is 17.0 Å². The number of nitrogens with two attached hydrogens (primary N) is 1. The van der Waals surface area contributed by atoms with Gasteiger partial charge in [0.2, 0.25) is 5.82 Å². The van der Waals surface area contributed by atoms with Crippen LogP contribution in [-0.4, -0.2) is 16.5 Å². The molecule has 108 valence electrons. The van der Waals surface area contributed by atoms with Crippen molar-refractivity contribution in [3.05, 3.63) is 57.3 Å². The van der Waals surface area contributed by atoms with E-state index in [1.165, 1.54) is 5.56 Å². The average Bonchev–Trinajstić information content (AvgIpc) is 2.46. The lowest BCUT2D eigenvalue weighted by Crippen LogP contribution is -2.32. The van der Waals surface area contributed by atoms with Crippen molar-refractivity contribution in [1.82, 2.24) is 4.98 Å². The fourth-order valence-corrected chi connectivity index (χ4v) is 2.78. The molecule has 1 aliphatic rings. The molecule has 0 saturated heterocycles. The van der Waals surface area contributed by atoms with Crippen LogP contribution in [0.1, 0.15) is 16.7 Å². The summed E-state index contributed by atoms with van der Waals surface area (Å²) in [7, 11) is 0. The molecule has 2 heterocycles. The standard InChI is InChI=1S/C15H16N4O2/c1-10-5-7-17-15(14(10)19(20)21)18-8-6-11-3-2-4-13(16)12(11)9-18/h2-5,7H,6,8-9,16H2,1H3. The lowest BCUT2D eigenvalue weighted by Gasteiger charge is -2.30. The smallest absolute Gasteiger partial charge is 0.314 e. The minimum absolute atomic E-state index is 0.0791. The van der Waals surface area contributed by atoms with Crippen molar-refractivity contribution in [2.24, 2.45) is 0 Å². The maximum Gasteiger partial charge on any atom is 0.314 e. The zero-order valence-electron chi connectivity index (χ0n) is 11.7. The molecule has 2 aromatic rings. The Hall–Kier alpha value is -2.63. The number of rotatable bonds is 2. The van der Waals surface area contributed by atoms with Crippen LogP contribution >= 0.6 is 0 Å². The van der Waals surface area contributed by atoms with Gasteiger partial charge in [0.1, 0.15) is 0 Å². The minimum Gasteiger partial charge on any atom is -0.398 e. The number of hydrogen-bond donors (Lipinski definition) is 1. The molecule has 1 aromatic heterocycles. The van der Waals surface area contributed by atoms with Crippen molar-refractivity contribution < 1.29 is 4.92 Å². The van der Waals surface area contributed by atoms with Gasteiger partial charge in [-0.2, -0.15) is 0 Å². The first-order chi connectivity index (χ1) is 10.1. The van der Waals surface area contributed by atoms with E-state index in [0.717, 1.165) is 17.7 Å². The number of benzene rings is 1. The monoisotopic (exact) mass is 284 g/mol. The Morgan fingerprint density at radius 1 is 1.38 bits per heavy atom. The van der Waals surface area contributed by atoms with Gasteiger partial charge in [-0.05, 0) is 36.6 Å². The molecule has 21 heavy (non-hydrogen) atoms. The number of anilines is 2. The Balaban J connectivity index is 2.03. The molecule has 0 atom stereocenters. The van der Waals surface area contributed by atoms with Crippen LogP contribution in [0.15, 0.2) is 30.5 Å². The van der Waals surface area contributed by atoms with Crippen LogP contribution in [-0.2, 0) is 13.0 Å². The van der Waals surface area contributed by atoms with Crippen molar-refractivity contribution in [3.63, 3.8) is 0 Å². The van der Waals surface area contributed by atoms with Gasteiger partial charge in [-0.25, -0.2) is 4.98 Å². The number of aromatic nitrogens is 1. The number of aryl methyl sites for hydroxylation is 1. The highest BCUT2D eigenvalue weighted by atomic mass is 16.6. The summed E-state index contributed by atoms with van der Waals surface area (Å²) in [6.07, 6.45) is 2.43. The van der Waals surface area contributed by atoms with Gasteiger partial charge in [0, 0.05) is 30.5 Å². The molecule has 2 N–H and O–H groups in total. The number of hydrogen-bond acceptors (Lipinski definition) is 5. The highest BCUT2D eigenvalue weighted by molar-refractivity contribution is 5.64. The van der Waals surface area contributed by atoms with Gasteiger partial charge in [0.15, 0.2) is 0 Å². The Labute approximate surface area is 122 Å². The molecule has 0 radical (unpaired) electrons. The number of nitrogens with zero attached hydrogens (tertiary/aromatic N) is 3. The summed E-state index contributed by atoms with van der Waals surface area (Å²) < 4.78 is 0. The SMILES string of the molecule is Cc1ccnc(N2CCc3cccc(N)c3C2)c1[N+](=O)[O-]. The van der Waals surface area contributed by atoms with Crippen molar-refractivity contribution in [2.45, 2.75) is 19.9 Å². The van der Waals surface area contributed by atoms with E-state index in [1.54, 1.807) is 19.2 Å². The molecular formula is C15H16N4O2. The summed E-state index contributed by atoms with van der Waals surface area (Å²) in [4.78, 5) is 17.1. The number of fused-ring (bicyclic) bond motifs is 1. The molecule has 6 heteroatoms. The van der Waals surface area contributed by atoms with Crippen LogP contribution in [0.2, 0.25) is 0 Å². The van der Waals surface area contributed by atoms with Gasteiger partial charge in [-0.1, -0.05) is 12.1 Å². The first-order valence-electron chi connectivity index (χ1n) is 6.79. The molecule has 0 amide bonds. The molecule has 0 fully saturated rings. The van der Waals surface area contributed by atoms with Crippen LogP contribution in [0.3, 0.4) is 0 Å². The summed E-state index contributed by atoms with van der Waals surface area (Å²) in [5.41, 5.74) is 9.71. The molecule has 3 rings (SSSR count). The molecule has 6 nitrogen and oxygen atoms in total. The molecule has 1 aliphatic heterocycles. The topological polar surface area (TPSA) is 85.3 Å². The predicted molar refractivity (Wildman–Crippen MR) is 81.2 cm³/mol. The Morgan fingerprint density at radius 3 is 2.95 bits per heavy atom. The minimum atomic E-state index is -0.360. The summed E-state index contributed by atoms with van der Waals surface area (Å²) in [6, 6.07) is 7.52. The molecule has 0 unspecified atom stereocenters. The Kier molecular flexibility index (Phi) is 3.21. The highest BCUT2D eigenvalue weighted by Crippen LogP contribution is 2.33. The van der Waals surface area contributed by atoms with E-state index < -0.39 is 0 Å². The first-order valence-corrected chi connectivity index (χ1v) is 6.79. The maximum absolute atomic E-state index is 11.3. The third kappa shape index (κ3) is 2.29. The Bertz CT molecular complexity index is 715. The van der Waals surface area contributed by atoms with E-state index in [9.17, 15) is 10.1 Å². The number of nitro groups is 1. The molecular weight excluding hydrogens is 268 g/mol. The largest absolute Gasteiger partial charge is 0.398 e. The summed E-state index contributed by atoms with van der Waals surface area (Å²) in [5.74, 6) is 0.425. The quantitative estimate of drug-likeness (QED) is 0.520. The first kappa shape index (κ1) is 13.4. The molecule has 0 saturated carbocycles. The van der Waals surface area contributed by atoms with Gasteiger partial charge in [-0.3, -0.25) is 10.1 Å². The second-order valence-corrected chi connectivity index (χ2v) is 5.21. The fourth-order valence-electron chi connectivity index (χ4n) is 2.78.